The molecule has 1 aromatic heterocycles. The van der Waals surface area contributed by atoms with Gasteiger partial charge in [-0.2, -0.15) is 5.10 Å². The van der Waals surface area contributed by atoms with Gasteiger partial charge in [0.25, 0.3) is 5.91 Å². The van der Waals surface area contributed by atoms with Crippen molar-refractivity contribution in [2.75, 3.05) is 5.32 Å². The maximum atomic E-state index is 12.7. The minimum absolute atomic E-state index is 0.224. The molecule has 1 amide bonds. The van der Waals surface area contributed by atoms with Crippen LogP contribution in [0.3, 0.4) is 0 Å². The number of hydrogen-bond acceptors (Lipinski definition) is 3. The summed E-state index contributed by atoms with van der Waals surface area (Å²) in [6, 6.07) is 19.5. The summed E-state index contributed by atoms with van der Waals surface area (Å²) in [6.07, 6.45) is 1.86. The largest absolute Gasteiger partial charge is 0.489 e. The highest BCUT2D eigenvalue weighted by molar-refractivity contribution is 9.10. The van der Waals surface area contributed by atoms with Crippen molar-refractivity contribution >= 4 is 39.3 Å². The van der Waals surface area contributed by atoms with Crippen LogP contribution in [0.25, 0.3) is 0 Å². The molecule has 174 valence electrons. The van der Waals surface area contributed by atoms with Crippen molar-refractivity contribution in [2.24, 2.45) is 0 Å². The zero-order valence-electron chi connectivity index (χ0n) is 19.2. The third-order valence-electron chi connectivity index (χ3n) is 5.45. The van der Waals surface area contributed by atoms with Gasteiger partial charge >= 0.3 is 0 Å². The van der Waals surface area contributed by atoms with Gasteiger partial charge in [-0.3, -0.25) is 9.48 Å². The van der Waals surface area contributed by atoms with Crippen LogP contribution in [0.2, 0.25) is 5.02 Å². The molecule has 0 unspecified atom stereocenters. The number of carbonyl (C=O) groups is 1. The lowest BCUT2D eigenvalue weighted by molar-refractivity contribution is 0.102. The third-order valence-corrected chi connectivity index (χ3v) is 6.62. The van der Waals surface area contributed by atoms with Crippen molar-refractivity contribution < 1.29 is 9.53 Å². The predicted octanol–water partition coefficient (Wildman–Crippen LogP) is 7.10. The van der Waals surface area contributed by atoms with E-state index in [1.54, 1.807) is 16.8 Å². The van der Waals surface area contributed by atoms with E-state index < -0.39 is 0 Å². The zero-order chi connectivity index (χ0) is 24.2. The Hall–Kier alpha value is -3.09. The molecular weight excluding hydrogens is 514 g/mol. The Kier molecular flexibility index (Phi) is 7.39. The lowest BCUT2D eigenvalue weighted by atomic mass is 10.1. The van der Waals surface area contributed by atoms with Crippen LogP contribution in [0.1, 0.15) is 38.2 Å². The molecule has 0 bridgehead atoms. The summed E-state index contributed by atoms with van der Waals surface area (Å²) in [5.74, 6) is 1.03. The van der Waals surface area contributed by atoms with Crippen LogP contribution in [0, 0.1) is 20.8 Å². The van der Waals surface area contributed by atoms with Crippen LogP contribution in [0.15, 0.2) is 71.3 Å². The van der Waals surface area contributed by atoms with Gasteiger partial charge in [-0.05, 0) is 83.2 Å². The molecule has 5 nitrogen and oxygen atoms in total. The molecule has 34 heavy (non-hydrogen) atoms. The number of rotatable bonds is 7. The molecular formula is C27H25BrClN3O2. The number of aromatic nitrogens is 2. The van der Waals surface area contributed by atoms with E-state index in [0.717, 1.165) is 37.5 Å². The van der Waals surface area contributed by atoms with E-state index in [-0.39, 0.29) is 5.91 Å². The average molecular weight is 539 g/mol. The summed E-state index contributed by atoms with van der Waals surface area (Å²) < 4.78 is 8.43. The molecule has 0 spiro atoms. The molecule has 0 radical (unpaired) electrons. The maximum absolute atomic E-state index is 12.7. The molecule has 0 aliphatic heterocycles. The van der Waals surface area contributed by atoms with E-state index in [1.807, 2.05) is 44.3 Å². The summed E-state index contributed by atoms with van der Waals surface area (Å²) >= 11 is 9.71. The topological polar surface area (TPSA) is 56.2 Å². The summed E-state index contributed by atoms with van der Waals surface area (Å²) in [5.41, 5.74) is 5.82. The van der Waals surface area contributed by atoms with Gasteiger partial charge in [0, 0.05) is 16.8 Å². The Morgan fingerprint density at radius 1 is 1.00 bits per heavy atom. The Bertz CT molecular complexity index is 1290. The molecule has 3 aromatic carbocycles. The lowest BCUT2D eigenvalue weighted by Crippen LogP contribution is -2.13. The number of amides is 1. The van der Waals surface area contributed by atoms with Gasteiger partial charge in [-0.25, -0.2) is 0 Å². The molecule has 4 rings (SSSR count). The van der Waals surface area contributed by atoms with Gasteiger partial charge in [-0.15, -0.1) is 0 Å². The van der Waals surface area contributed by atoms with Crippen LogP contribution in [0.4, 0.5) is 5.82 Å². The van der Waals surface area contributed by atoms with Crippen molar-refractivity contribution in [3.05, 3.63) is 110 Å². The minimum Gasteiger partial charge on any atom is -0.489 e. The Morgan fingerprint density at radius 3 is 2.26 bits per heavy atom. The number of benzene rings is 3. The number of nitrogens with zero attached hydrogens (tertiary/aromatic N) is 2. The van der Waals surface area contributed by atoms with Gasteiger partial charge in [0.05, 0.1) is 11.0 Å². The van der Waals surface area contributed by atoms with E-state index >= 15 is 0 Å². The Labute approximate surface area is 212 Å². The SMILES string of the molecule is Cc1ccc(Cn2cc(Br)c(NC(=O)c3ccc(COc4cc(C)c(Cl)c(C)c4)cc3)n2)cc1. The predicted molar refractivity (Wildman–Crippen MR) is 140 cm³/mol. The molecule has 1 heterocycles. The van der Waals surface area contributed by atoms with Crippen LogP contribution < -0.4 is 10.1 Å². The Morgan fingerprint density at radius 2 is 1.62 bits per heavy atom. The van der Waals surface area contributed by atoms with Gasteiger partial charge < -0.3 is 10.1 Å². The van der Waals surface area contributed by atoms with Crippen LogP contribution in [-0.2, 0) is 13.2 Å². The van der Waals surface area contributed by atoms with Gasteiger partial charge in [0.15, 0.2) is 5.82 Å². The second-order valence-corrected chi connectivity index (χ2v) is 9.55. The minimum atomic E-state index is -0.224. The molecule has 0 saturated heterocycles. The highest BCUT2D eigenvalue weighted by Gasteiger charge is 2.13. The average Bonchev–Trinajstić information content (AvgIpc) is 3.16. The number of ether oxygens (including phenoxy) is 1. The number of nitrogens with one attached hydrogen (secondary N) is 1. The zero-order valence-corrected chi connectivity index (χ0v) is 21.6. The summed E-state index contributed by atoms with van der Waals surface area (Å²) in [6.45, 7) is 7.00. The summed E-state index contributed by atoms with van der Waals surface area (Å²) in [7, 11) is 0. The van der Waals surface area contributed by atoms with Crippen molar-refractivity contribution in [3.8, 4) is 5.75 Å². The van der Waals surface area contributed by atoms with Crippen LogP contribution >= 0.6 is 27.5 Å². The van der Waals surface area contributed by atoms with Gasteiger partial charge in [0.1, 0.15) is 12.4 Å². The molecule has 0 saturated carbocycles. The van der Waals surface area contributed by atoms with E-state index in [9.17, 15) is 4.79 Å². The van der Waals surface area contributed by atoms with Gasteiger partial charge in [0.2, 0.25) is 0 Å². The summed E-state index contributed by atoms with van der Waals surface area (Å²) in [4.78, 5) is 12.7. The lowest BCUT2D eigenvalue weighted by Gasteiger charge is -2.10. The van der Waals surface area contributed by atoms with E-state index in [4.69, 9.17) is 16.3 Å². The van der Waals surface area contributed by atoms with Crippen LogP contribution in [-0.4, -0.2) is 15.7 Å². The van der Waals surface area contributed by atoms with Crippen molar-refractivity contribution in [1.82, 2.24) is 9.78 Å². The highest BCUT2D eigenvalue weighted by atomic mass is 79.9. The molecule has 4 aromatic rings. The molecule has 0 aliphatic rings. The van der Waals surface area contributed by atoms with Crippen molar-refractivity contribution in [1.29, 1.82) is 0 Å². The number of carbonyl (C=O) groups excluding carboxylic acids is 1. The number of anilines is 1. The standard InChI is InChI=1S/C27H25BrClN3O2/c1-17-4-6-20(7-5-17)14-32-15-24(28)26(31-32)30-27(33)22-10-8-21(9-11-22)16-34-23-12-18(2)25(29)19(3)13-23/h4-13,15H,14,16H2,1-3H3,(H,30,31,33). The smallest absolute Gasteiger partial charge is 0.256 e. The van der Waals surface area contributed by atoms with Gasteiger partial charge in [-0.1, -0.05) is 53.6 Å². The fourth-order valence-electron chi connectivity index (χ4n) is 3.53. The first-order valence-corrected chi connectivity index (χ1v) is 12.0. The monoisotopic (exact) mass is 537 g/mol. The normalized spacial score (nSPS) is 10.9. The molecule has 0 aliphatic carbocycles. The number of hydrogen-bond donors (Lipinski definition) is 1. The fourth-order valence-corrected chi connectivity index (χ4v) is 4.06. The van der Waals surface area contributed by atoms with E-state index in [1.165, 1.54) is 5.56 Å². The fraction of sp³-hybridized carbons (Fsp3) is 0.185. The Balaban J connectivity index is 1.36. The van der Waals surface area contributed by atoms with Crippen molar-refractivity contribution in [2.45, 2.75) is 33.9 Å². The maximum Gasteiger partial charge on any atom is 0.256 e. The highest BCUT2D eigenvalue weighted by Crippen LogP contribution is 2.26. The second kappa shape index (κ2) is 10.5. The van der Waals surface area contributed by atoms with Crippen LogP contribution in [0.5, 0.6) is 5.75 Å². The molecule has 0 fully saturated rings. The van der Waals surface area contributed by atoms with Crippen molar-refractivity contribution in [3.63, 3.8) is 0 Å². The summed E-state index contributed by atoms with van der Waals surface area (Å²) in [5, 5.41) is 8.14. The molecule has 7 heteroatoms. The van der Waals surface area contributed by atoms with E-state index in [2.05, 4.69) is 57.5 Å². The first kappa shape index (κ1) is 24.0. The number of aryl methyl sites for hydroxylation is 3. The van der Waals surface area contributed by atoms with E-state index in [0.29, 0.717) is 24.5 Å². The first-order chi connectivity index (χ1) is 16.3. The number of halogens is 2. The second-order valence-electron chi connectivity index (χ2n) is 8.32. The molecule has 1 N–H and O–H groups in total. The quantitative estimate of drug-likeness (QED) is 0.273. The first-order valence-electron chi connectivity index (χ1n) is 10.9. The third kappa shape index (κ3) is 5.88. The molecule has 0 atom stereocenters.